The van der Waals surface area contributed by atoms with E-state index in [1.54, 1.807) is 0 Å². The monoisotopic (exact) mass is 206 g/mol. The van der Waals surface area contributed by atoms with Gasteiger partial charge in [0.1, 0.15) is 0 Å². The molecule has 0 radical (unpaired) electrons. The van der Waals surface area contributed by atoms with Crippen molar-refractivity contribution >= 4 is 11.4 Å². The number of benzene rings is 1. The molecule has 1 rings (SSSR count). The van der Waals surface area contributed by atoms with Crippen molar-refractivity contribution in [1.82, 2.24) is 0 Å². The van der Waals surface area contributed by atoms with E-state index in [1.807, 2.05) is 13.0 Å². The lowest BCUT2D eigenvalue weighted by Gasteiger charge is -2.17. The van der Waals surface area contributed by atoms with Gasteiger partial charge in [0.2, 0.25) is 0 Å². The minimum absolute atomic E-state index is 0.525. The Balaban J connectivity index is 2.81. The third-order valence-electron chi connectivity index (χ3n) is 2.74. The first-order valence-corrected chi connectivity index (χ1v) is 5.67. The van der Waals surface area contributed by atoms with Crippen molar-refractivity contribution in [1.29, 1.82) is 0 Å². The topological polar surface area (TPSA) is 38.0 Å². The van der Waals surface area contributed by atoms with Crippen LogP contribution in [0.2, 0.25) is 0 Å². The standard InChI is InChI=1S/C13H22N2/c1-5-6-11(4)15-13-8-9(2)12(14)7-10(13)3/h7-8,11,15H,5-6,14H2,1-4H3. The molecule has 0 heterocycles. The van der Waals surface area contributed by atoms with Gasteiger partial charge in [-0.1, -0.05) is 13.3 Å². The lowest BCUT2D eigenvalue weighted by atomic mass is 10.1. The summed E-state index contributed by atoms with van der Waals surface area (Å²) in [6, 6.07) is 4.70. The van der Waals surface area contributed by atoms with Gasteiger partial charge in [-0.2, -0.15) is 0 Å². The number of nitrogen functional groups attached to an aromatic ring is 1. The fourth-order valence-electron chi connectivity index (χ4n) is 1.76. The van der Waals surface area contributed by atoms with Crippen molar-refractivity contribution in [2.24, 2.45) is 0 Å². The number of nitrogens with two attached hydrogens (primary N) is 1. The van der Waals surface area contributed by atoms with Crippen LogP contribution in [0.1, 0.15) is 37.8 Å². The molecule has 15 heavy (non-hydrogen) atoms. The van der Waals surface area contributed by atoms with Crippen molar-refractivity contribution in [2.45, 2.75) is 46.6 Å². The van der Waals surface area contributed by atoms with Crippen molar-refractivity contribution in [3.05, 3.63) is 23.3 Å². The van der Waals surface area contributed by atoms with Gasteiger partial charge in [-0.05, 0) is 50.5 Å². The minimum Gasteiger partial charge on any atom is -0.399 e. The molecule has 1 atom stereocenters. The Morgan fingerprint density at radius 3 is 2.53 bits per heavy atom. The molecule has 0 aliphatic heterocycles. The van der Waals surface area contributed by atoms with Crippen LogP contribution in [0.25, 0.3) is 0 Å². The van der Waals surface area contributed by atoms with Crippen molar-refractivity contribution in [3.63, 3.8) is 0 Å². The van der Waals surface area contributed by atoms with Crippen LogP contribution in [0.15, 0.2) is 12.1 Å². The van der Waals surface area contributed by atoms with E-state index in [-0.39, 0.29) is 0 Å². The molecular weight excluding hydrogens is 184 g/mol. The van der Waals surface area contributed by atoms with Crippen LogP contribution in [0.3, 0.4) is 0 Å². The summed E-state index contributed by atoms with van der Waals surface area (Å²) in [6.45, 7) is 8.56. The Morgan fingerprint density at radius 2 is 1.93 bits per heavy atom. The average Bonchev–Trinajstić information content (AvgIpc) is 2.14. The highest BCUT2D eigenvalue weighted by Crippen LogP contribution is 2.23. The molecule has 2 nitrogen and oxygen atoms in total. The normalized spacial score (nSPS) is 12.5. The number of hydrogen-bond donors (Lipinski definition) is 2. The Kier molecular flexibility index (Phi) is 4.01. The summed E-state index contributed by atoms with van der Waals surface area (Å²) in [5, 5.41) is 3.52. The summed E-state index contributed by atoms with van der Waals surface area (Å²) in [4.78, 5) is 0. The third-order valence-corrected chi connectivity index (χ3v) is 2.74. The van der Waals surface area contributed by atoms with E-state index in [0.29, 0.717) is 6.04 Å². The largest absolute Gasteiger partial charge is 0.399 e. The van der Waals surface area contributed by atoms with Gasteiger partial charge in [0, 0.05) is 17.4 Å². The number of anilines is 2. The summed E-state index contributed by atoms with van der Waals surface area (Å²) < 4.78 is 0. The Labute approximate surface area is 92.9 Å². The summed E-state index contributed by atoms with van der Waals surface area (Å²) in [5.74, 6) is 0. The van der Waals surface area contributed by atoms with Crippen molar-refractivity contribution < 1.29 is 0 Å². The quantitative estimate of drug-likeness (QED) is 0.740. The molecule has 0 bridgehead atoms. The zero-order valence-electron chi connectivity index (χ0n) is 10.2. The van der Waals surface area contributed by atoms with E-state index >= 15 is 0 Å². The fraction of sp³-hybridized carbons (Fsp3) is 0.538. The zero-order chi connectivity index (χ0) is 11.4. The molecule has 2 heteroatoms. The first-order chi connectivity index (χ1) is 7.04. The van der Waals surface area contributed by atoms with E-state index in [1.165, 1.54) is 24.1 Å². The Morgan fingerprint density at radius 1 is 1.27 bits per heavy atom. The second kappa shape index (κ2) is 5.06. The van der Waals surface area contributed by atoms with Crippen LogP contribution in [-0.2, 0) is 0 Å². The smallest absolute Gasteiger partial charge is 0.0376 e. The molecule has 1 aromatic rings. The van der Waals surface area contributed by atoms with Crippen molar-refractivity contribution in [2.75, 3.05) is 11.1 Å². The maximum Gasteiger partial charge on any atom is 0.0376 e. The van der Waals surface area contributed by atoms with Gasteiger partial charge in [-0.3, -0.25) is 0 Å². The highest BCUT2D eigenvalue weighted by Gasteiger charge is 2.05. The lowest BCUT2D eigenvalue weighted by molar-refractivity contribution is 0.690. The molecule has 3 N–H and O–H groups in total. The third kappa shape index (κ3) is 3.15. The van der Waals surface area contributed by atoms with Gasteiger partial charge in [0.25, 0.3) is 0 Å². The summed E-state index contributed by atoms with van der Waals surface area (Å²) in [6.07, 6.45) is 2.41. The van der Waals surface area contributed by atoms with Gasteiger partial charge in [0.15, 0.2) is 0 Å². The molecule has 0 fully saturated rings. The van der Waals surface area contributed by atoms with Crippen LogP contribution >= 0.6 is 0 Å². The van der Waals surface area contributed by atoms with Gasteiger partial charge >= 0.3 is 0 Å². The number of rotatable bonds is 4. The summed E-state index contributed by atoms with van der Waals surface area (Å²) in [5.41, 5.74) is 10.3. The Bertz CT molecular complexity index is 332. The minimum atomic E-state index is 0.525. The maximum absolute atomic E-state index is 5.85. The van der Waals surface area contributed by atoms with E-state index in [0.717, 1.165) is 11.3 Å². The molecule has 0 amide bonds. The van der Waals surface area contributed by atoms with E-state index < -0.39 is 0 Å². The number of nitrogens with one attached hydrogen (secondary N) is 1. The summed E-state index contributed by atoms with van der Waals surface area (Å²) in [7, 11) is 0. The molecule has 0 aromatic heterocycles. The molecular formula is C13H22N2. The van der Waals surface area contributed by atoms with Gasteiger partial charge in [0.05, 0.1) is 0 Å². The molecule has 0 saturated heterocycles. The molecule has 0 aliphatic rings. The first kappa shape index (κ1) is 11.9. The van der Waals surface area contributed by atoms with Crippen LogP contribution in [0, 0.1) is 13.8 Å². The van der Waals surface area contributed by atoms with E-state index in [2.05, 4.69) is 32.2 Å². The second-order valence-electron chi connectivity index (χ2n) is 4.36. The summed E-state index contributed by atoms with van der Waals surface area (Å²) >= 11 is 0. The number of aryl methyl sites for hydroxylation is 2. The molecule has 1 unspecified atom stereocenters. The first-order valence-electron chi connectivity index (χ1n) is 5.67. The van der Waals surface area contributed by atoms with Gasteiger partial charge in [-0.15, -0.1) is 0 Å². The van der Waals surface area contributed by atoms with Gasteiger partial charge in [-0.25, -0.2) is 0 Å². The van der Waals surface area contributed by atoms with Crippen molar-refractivity contribution in [3.8, 4) is 0 Å². The molecule has 0 saturated carbocycles. The van der Waals surface area contributed by atoms with Crippen LogP contribution in [0.4, 0.5) is 11.4 Å². The predicted molar refractivity (Wildman–Crippen MR) is 68.3 cm³/mol. The molecule has 0 aliphatic carbocycles. The highest BCUT2D eigenvalue weighted by atomic mass is 14.9. The average molecular weight is 206 g/mol. The number of hydrogen-bond acceptors (Lipinski definition) is 2. The van der Waals surface area contributed by atoms with Crippen LogP contribution in [-0.4, -0.2) is 6.04 Å². The SMILES string of the molecule is CCCC(C)Nc1cc(C)c(N)cc1C. The molecule has 1 aromatic carbocycles. The second-order valence-corrected chi connectivity index (χ2v) is 4.36. The zero-order valence-corrected chi connectivity index (χ0v) is 10.2. The lowest BCUT2D eigenvalue weighted by Crippen LogP contribution is -2.15. The van der Waals surface area contributed by atoms with E-state index in [4.69, 9.17) is 5.73 Å². The van der Waals surface area contributed by atoms with Crippen LogP contribution in [0.5, 0.6) is 0 Å². The van der Waals surface area contributed by atoms with E-state index in [9.17, 15) is 0 Å². The maximum atomic E-state index is 5.85. The predicted octanol–water partition coefficient (Wildman–Crippen LogP) is 3.49. The molecule has 0 spiro atoms. The molecule has 84 valence electrons. The highest BCUT2D eigenvalue weighted by molar-refractivity contribution is 5.62. The fourth-order valence-corrected chi connectivity index (χ4v) is 1.76. The Hall–Kier alpha value is -1.18. The van der Waals surface area contributed by atoms with Crippen LogP contribution < -0.4 is 11.1 Å². The van der Waals surface area contributed by atoms with Gasteiger partial charge < -0.3 is 11.1 Å².